The summed E-state index contributed by atoms with van der Waals surface area (Å²) in [5, 5.41) is 2.92. The van der Waals surface area contributed by atoms with Gasteiger partial charge in [-0.2, -0.15) is 0 Å². The van der Waals surface area contributed by atoms with E-state index in [1.165, 1.54) is 0 Å². The lowest BCUT2D eigenvalue weighted by atomic mass is 10.1. The van der Waals surface area contributed by atoms with Crippen LogP contribution in [0, 0.1) is 6.92 Å². The molecule has 1 N–H and O–H groups in total. The second kappa shape index (κ2) is 4.56. The summed E-state index contributed by atoms with van der Waals surface area (Å²) < 4.78 is 5.18. The molecule has 1 aromatic rings. The lowest BCUT2D eigenvalue weighted by Crippen LogP contribution is -2.40. The molecule has 0 saturated heterocycles. The number of aryl methyl sites for hydroxylation is 1. The first-order valence-corrected chi connectivity index (χ1v) is 5.30. The van der Waals surface area contributed by atoms with Gasteiger partial charge in [-0.3, -0.25) is 4.79 Å². The van der Waals surface area contributed by atoms with Gasteiger partial charge in [-0.25, -0.2) is 0 Å². The molecule has 0 aliphatic carbocycles. The second-order valence-corrected chi connectivity index (χ2v) is 4.91. The highest BCUT2D eigenvalue weighted by atomic mass is 16.5. The minimum absolute atomic E-state index is 0.104. The van der Waals surface area contributed by atoms with Crippen molar-refractivity contribution in [1.29, 1.82) is 0 Å². The Balaban J connectivity index is 3.02. The summed E-state index contributed by atoms with van der Waals surface area (Å²) in [5.41, 5.74) is 1.38. The standard InChI is InChI=1S/C13H19NO2/c1-9-6-7-11(16-5)10(8-9)12(15)14-13(2,3)4/h6-8H,1-5H3,(H,14,15). The van der Waals surface area contributed by atoms with Crippen LogP contribution in [0.2, 0.25) is 0 Å². The molecule has 88 valence electrons. The van der Waals surface area contributed by atoms with Crippen LogP contribution in [0.5, 0.6) is 5.75 Å². The summed E-state index contributed by atoms with van der Waals surface area (Å²) in [4.78, 5) is 12.0. The Hall–Kier alpha value is -1.51. The summed E-state index contributed by atoms with van der Waals surface area (Å²) >= 11 is 0. The van der Waals surface area contributed by atoms with Crippen LogP contribution >= 0.6 is 0 Å². The topological polar surface area (TPSA) is 38.3 Å². The molecule has 1 rings (SSSR count). The Morgan fingerprint density at radius 1 is 1.31 bits per heavy atom. The van der Waals surface area contributed by atoms with Gasteiger partial charge in [0.1, 0.15) is 5.75 Å². The molecule has 1 aromatic carbocycles. The Morgan fingerprint density at radius 2 is 1.94 bits per heavy atom. The molecule has 0 radical (unpaired) electrons. The van der Waals surface area contributed by atoms with E-state index in [4.69, 9.17) is 4.74 Å². The second-order valence-electron chi connectivity index (χ2n) is 4.91. The van der Waals surface area contributed by atoms with Gasteiger partial charge in [0.15, 0.2) is 0 Å². The summed E-state index contributed by atoms with van der Waals surface area (Å²) in [7, 11) is 1.57. The van der Waals surface area contributed by atoms with Crippen LogP contribution in [-0.2, 0) is 0 Å². The van der Waals surface area contributed by atoms with Gasteiger partial charge in [0.05, 0.1) is 12.7 Å². The molecule has 0 aromatic heterocycles. The molecule has 0 heterocycles. The number of benzene rings is 1. The highest BCUT2D eigenvalue weighted by Gasteiger charge is 2.18. The van der Waals surface area contributed by atoms with Crippen molar-refractivity contribution in [3.63, 3.8) is 0 Å². The van der Waals surface area contributed by atoms with Crippen LogP contribution in [0.4, 0.5) is 0 Å². The predicted molar refractivity (Wildman–Crippen MR) is 65.0 cm³/mol. The van der Waals surface area contributed by atoms with Gasteiger partial charge in [0, 0.05) is 5.54 Å². The molecule has 0 aliphatic heterocycles. The molecule has 0 aliphatic rings. The molecule has 0 atom stereocenters. The molecule has 0 bridgehead atoms. The highest BCUT2D eigenvalue weighted by molar-refractivity contribution is 5.97. The smallest absolute Gasteiger partial charge is 0.255 e. The largest absolute Gasteiger partial charge is 0.496 e. The number of amides is 1. The van der Waals surface area contributed by atoms with Crippen LogP contribution < -0.4 is 10.1 Å². The molecule has 3 nitrogen and oxygen atoms in total. The van der Waals surface area contributed by atoms with E-state index in [0.717, 1.165) is 5.56 Å². The quantitative estimate of drug-likeness (QED) is 0.833. The number of ether oxygens (including phenoxy) is 1. The normalized spacial score (nSPS) is 11.1. The third-order valence-corrected chi connectivity index (χ3v) is 2.09. The molecular formula is C13H19NO2. The Kier molecular flexibility index (Phi) is 3.58. The van der Waals surface area contributed by atoms with Crippen molar-refractivity contribution in [1.82, 2.24) is 5.32 Å². The third kappa shape index (κ3) is 3.26. The Labute approximate surface area is 96.8 Å². The van der Waals surface area contributed by atoms with Crippen LogP contribution in [0.1, 0.15) is 36.7 Å². The number of rotatable bonds is 2. The lowest BCUT2D eigenvalue weighted by molar-refractivity contribution is 0.0916. The van der Waals surface area contributed by atoms with Crippen molar-refractivity contribution < 1.29 is 9.53 Å². The molecule has 1 amide bonds. The molecular weight excluding hydrogens is 202 g/mol. The number of carbonyl (C=O) groups is 1. The first-order chi connectivity index (χ1) is 7.33. The third-order valence-electron chi connectivity index (χ3n) is 2.09. The number of methoxy groups -OCH3 is 1. The van der Waals surface area contributed by atoms with Gasteiger partial charge in [0.2, 0.25) is 0 Å². The number of carbonyl (C=O) groups excluding carboxylic acids is 1. The van der Waals surface area contributed by atoms with Crippen molar-refractivity contribution in [2.24, 2.45) is 0 Å². The first kappa shape index (κ1) is 12.6. The fourth-order valence-electron chi connectivity index (χ4n) is 1.41. The maximum atomic E-state index is 12.0. The van der Waals surface area contributed by atoms with Gasteiger partial charge in [0.25, 0.3) is 5.91 Å². The maximum absolute atomic E-state index is 12.0. The van der Waals surface area contributed by atoms with Crippen LogP contribution in [-0.4, -0.2) is 18.6 Å². The first-order valence-electron chi connectivity index (χ1n) is 5.30. The van der Waals surface area contributed by atoms with Crippen LogP contribution in [0.25, 0.3) is 0 Å². The van der Waals surface area contributed by atoms with E-state index in [1.807, 2.05) is 45.9 Å². The summed E-state index contributed by atoms with van der Waals surface area (Å²) in [6, 6.07) is 5.57. The van der Waals surface area contributed by atoms with Crippen molar-refractivity contribution in [2.45, 2.75) is 33.2 Å². The monoisotopic (exact) mass is 221 g/mol. The van der Waals surface area contributed by atoms with Crippen molar-refractivity contribution in [2.75, 3.05) is 7.11 Å². The minimum Gasteiger partial charge on any atom is -0.496 e. The van der Waals surface area contributed by atoms with Gasteiger partial charge in [-0.15, -0.1) is 0 Å². The van der Waals surface area contributed by atoms with Gasteiger partial charge < -0.3 is 10.1 Å². The predicted octanol–water partition coefficient (Wildman–Crippen LogP) is 2.53. The molecule has 0 unspecified atom stereocenters. The highest BCUT2D eigenvalue weighted by Crippen LogP contribution is 2.20. The molecule has 3 heteroatoms. The summed E-state index contributed by atoms with van der Waals surface area (Å²) in [6.45, 7) is 7.81. The van der Waals surface area contributed by atoms with E-state index < -0.39 is 0 Å². The van der Waals surface area contributed by atoms with Crippen LogP contribution in [0.3, 0.4) is 0 Å². The maximum Gasteiger partial charge on any atom is 0.255 e. The molecule has 0 fully saturated rings. The van der Waals surface area contributed by atoms with Crippen LogP contribution in [0.15, 0.2) is 18.2 Å². The Bertz CT molecular complexity index is 391. The van der Waals surface area contributed by atoms with Crippen molar-refractivity contribution in [3.8, 4) is 5.75 Å². The number of nitrogens with one attached hydrogen (secondary N) is 1. The fraction of sp³-hybridized carbons (Fsp3) is 0.462. The zero-order valence-electron chi connectivity index (χ0n) is 10.5. The minimum atomic E-state index is -0.244. The SMILES string of the molecule is COc1ccc(C)cc1C(=O)NC(C)(C)C. The summed E-state index contributed by atoms with van der Waals surface area (Å²) in [6.07, 6.45) is 0. The zero-order valence-corrected chi connectivity index (χ0v) is 10.5. The van der Waals surface area contributed by atoms with E-state index in [0.29, 0.717) is 11.3 Å². The van der Waals surface area contributed by atoms with E-state index >= 15 is 0 Å². The van der Waals surface area contributed by atoms with E-state index in [-0.39, 0.29) is 11.4 Å². The Morgan fingerprint density at radius 3 is 2.44 bits per heavy atom. The molecule has 16 heavy (non-hydrogen) atoms. The number of hydrogen-bond donors (Lipinski definition) is 1. The summed E-state index contributed by atoms with van der Waals surface area (Å²) in [5.74, 6) is 0.500. The average Bonchev–Trinajstić information content (AvgIpc) is 2.15. The number of hydrogen-bond acceptors (Lipinski definition) is 2. The fourth-order valence-corrected chi connectivity index (χ4v) is 1.41. The van der Waals surface area contributed by atoms with Crippen molar-refractivity contribution in [3.05, 3.63) is 29.3 Å². The lowest BCUT2D eigenvalue weighted by Gasteiger charge is -2.21. The van der Waals surface area contributed by atoms with E-state index in [9.17, 15) is 4.79 Å². The zero-order chi connectivity index (χ0) is 12.3. The van der Waals surface area contributed by atoms with Crippen molar-refractivity contribution >= 4 is 5.91 Å². The van der Waals surface area contributed by atoms with E-state index in [2.05, 4.69) is 5.32 Å². The van der Waals surface area contributed by atoms with Gasteiger partial charge in [-0.05, 0) is 39.8 Å². The average molecular weight is 221 g/mol. The molecule has 0 saturated carbocycles. The van der Waals surface area contributed by atoms with Gasteiger partial charge in [-0.1, -0.05) is 11.6 Å². The van der Waals surface area contributed by atoms with E-state index in [1.54, 1.807) is 7.11 Å². The van der Waals surface area contributed by atoms with Gasteiger partial charge >= 0.3 is 0 Å². The molecule has 0 spiro atoms.